The first-order valence-corrected chi connectivity index (χ1v) is 6.68. The Morgan fingerprint density at radius 1 is 1.05 bits per heavy atom. The Labute approximate surface area is 115 Å². The van der Waals surface area contributed by atoms with Crippen molar-refractivity contribution in [2.75, 3.05) is 0 Å². The third-order valence-electron chi connectivity index (χ3n) is 3.97. The van der Waals surface area contributed by atoms with Gasteiger partial charge in [-0.15, -0.1) is 0 Å². The quantitative estimate of drug-likeness (QED) is 0.687. The van der Waals surface area contributed by atoms with Crippen LogP contribution in [0.1, 0.15) is 29.3 Å². The van der Waals surface area contributed by atoms with E-state index in [0.717, 1.165) is 16.3 Å². The minimum atomic E-state index is -0.409. The van der Waals surface area contributed by atoms with E-state index in [1.54, 1.807) is 0 Å². The third kappa shape index (κ3) is 1.35. The maximum Gasteiger partial charge on any atom is 0.234 e. The van der Waals surface area contributed by atoms with E-state index in [1.807, 2.05) is 43.3 Å². The molecule has 3 nitrogen and oxygen atoms in total. The highest BCUT2D eigenvalue weighted by molar-refractivity contribution is 6.54. The maximum atomic E-state index is 12.4. The molecule has 0 aromatic heterocycles. The molecule has 2 aromatic carbocycles. The smallest absolute Gasteiger partial charge is 0.234 e. The number of hydrogen-bond donors (Lipinski definition) is 0. The van der Waals surface area contributed by atoms with Crippen LogP contribution in [0.25, 0.3) is 16.5 Å². The molecule has 1 aliphatic heterocycles. The van der Waals surface area contributed by atoms with Gasteiger partial charge in [0.05, 0.1) is 0 Å². The Morgan fingerprint density at radius 2 is 1.85 bits per heavy atom. The molecule has 0 saturated carbocycles. The van der Waals surface area contributed by atoms with Gasteiger partial charge in [-0.3, -0.25) is 9.59 Å². The largest absolute Gasteiger partial charge is 0.489 e. The normalized spacial score (nSPS) is 20.9. The molecule has 0 saturated heterocycles. The van der Waals surface area contributed by atoms with Crippen molar-refractivity contribution in [3.8, 4) is 0 Å². The Hall–Kier alpha value is -2.42. The van der Waals surface area contributed by atoms with E-state index >= 15 is 0 Å². The lowest BCUT2D eigenvalue weighted by Crippen LogP contribution is -2.22. The molecule has 0 bridgehead atoms. The summed E-state index contributed by atoms with van der Waals surface area (Å²) in [5.41, 5.74) is 1.78. The molecular weight excluding hydrogens is 252 g/mol. The minimum Gasteiger partial charge on any atom is -0.489 e. The fourth-order valence-electron chi connectivity index (χ4n) is 3.07. The molecule has 0 radical (unpaired) electrons. The van der Waals surface area contributed by atoms with Crippen molar-refractivity contribution < 1.29 is 14.3 Å². The van der Waals surface area contributed by atoms with Gasteiger partial charge in [0, 0.05) is 23.1 Å². The zero-order valence-electron chi connectivity index (χ0n) is 11.0. The number of hydrogen-bond acceptors (Lipinski definition) is 3. The van der Waals surface area contributed by atoms with Crippen molar-refractivity contribution in [2.45, 2.75) is 19.4 Å². The average Bonchev–Trinajstić information content (AvgIpc) is 2.86. The van der Waals surface area contributed by atoms with Crippen LogP contribution >= 0.6 is 0 Å². The third-order valence-corrected chi connectivity index (χ3v) is 3.97. The fourth-order valence-corrected chi connectivity index (χ4v) is 3.07. The highest BCUT2D eigenvalue weighted by Gasteiger charge is 2.39. The summed E-state index contributed by atoms with van der Waals surface area (Å²) in [7, 11) is 0. The van der Waals surface area contributed by atoms with Crippen LogP contribution in [0.3, 0.4) is 0 Å². The Bertz CT molecular complexity index is 814. The fraction of sp³-hybridized carbons (Fsp3) is 0.176. The SMILES string of the molecule is CC1CC2=C(O1)c1ccc3ccccc3c1C(=O)C2=O. The lowest BCUT2D eigenvalue weighted by molar-refractivity contribution is -0.111. The number of rotatable bonds is 0. The van der Waals surface area contributed by atoms with Crippen molar-refractivity contribution in [1.29, 1.82) is 0 Å². The number of carbonyl (C=O) groups is 2. The van der Waals surface area contributed by atoms with E-state index in [-0.39, 0.29) is 6.10 Å². The molecule has 20 heavy (non-hydrogen) atoms. The van der Waals surface area contributed by atoms with E-state index in [0.29, 0.717) is 23.3 Å². The van der Waals surface area contributed by atoms with Crippen molar-refractivity contribution in [3.63, 3.8) is 0 Å². The number of ether oxygens (including phenoxy) is 1. The lowest BCUT2D eigenvalue weighted by atomic mass is 9.85. The van der Waals surface area contributed by atoms with E-state index < -0.39 is 11.6 Å². The van der Waals surface area contributed by atoms with Crippen LogP contribution in [0, 0.1) is 0 Å². The van der Waals surface area contributed by atoms with Gasteiger partial charge in [-0.05, 0) is 23.8 Å². The first kappa shape index (κ1) is 11.4. The lowest BCUT2D eigenvalue weighted by Gasteiger charge is -2.18. The minimum absolute atomic E-state index is 0.0471. The summed E-state index contributed by atoms with van der Waals surface area (Å²) in [6.07, 6.45) is 0.473. The predicted molar refractivity (Wildman–Crippen MR) is 75.4 cm³/mol. The van der Waals surface area contributed by atoms with Crippen LogP contribution in [0.2, 0.25) is 0 Å². The first-order chi connectivity index (χ1) is 9.66. The van der Waals surface area contributed by atoms with Gasteiger partial charge in [0.15, 0.2) is 0 Å². The van der Waals surface area contributed by atoms with Gasteiger partial charge in [-0.25, -0.2) is 0 Å². The number of benzene rings is 2. The van der Waals surface area contributed by atoms with Gasteiger partial charge in [0.25, 0.3) is 0 Å². The predicted octanol–water partition coefficient (Wildman–Crippen LogP) is 3.13. The zero-order valence-corrected chi connectivity index (χ0v) is 11.0. The van der Waals surface area contributed by atoms with Gasteiger partial charge >= 0.3 is 0 Å². The van der Waals surface area contributed by atoms with Crippen molar-refractivity contribution in [1.82, 2.24) is 0 Å². The summed E-state index contributed by atoms with van der Waals surface area (Å²) in [5.74, 6) is -0.218. The second kappa shape index (κ2) is 3.79. The van der Waals surface area contributed by atoms with Crippen molar-refractivity contribution >= 4 is 28.1 Å². The average molecular weight is 264 g/mol. The van der Waals surface area contributed by atoms with Crippen molar-refractivity contribution in [2.24, 2.45) is 0 Å². The van der Waals surface area contributed by atoms with Crippen LogP contribution in [-0.4, -0.2) is 17.7 Å². The molecule has 98 valence electrons. The molecule has 4 rings (SSSR count). The van der Waals surface area contributed by atoms with Crippen LogP contribution < -0.4 is 0 Å². The Balaban J connectivity index is 2.09. The summed E-state index contributed by atoms with van der Waals surface area (Å²) in [4.78, 5) is 24.7. The molecule has 1 aliphatic carbocycles. The van der Waals surface area contributed by atoms with Gasteiger partial charge in [-0.2, -0.15) is 0 Å². The number of ketones is 2. The molecule has 0 amide bonds. The topological polar surface area (TPSA) is 43.4 Å². The molecule has 1 heterocycles. The highest BCUT2D eigenvalue weighted by atomic mass is 16.5. The highest BCUT2D eigenvalue weighted by Crippen LogP contribution is 2.40. The van der Waals surface area contributed by atoms with Crippen molar-refractivity contribution in [3.05, 3.63) is 53.1 Å². The number of Topliss-reactive ketones (excluding diaryl/α,β-unsaturated/α-hetero) is 2. The first-order valence-electron chi connectivity index (χ1n) is 6.68. The summed E-state index contributed by atoms with van der Waals surface area (Å²) < 4.78 is 5.77. The summed E-state index contributed by atoms with van der Waals surface area (Å²) >= 11 is 0. The Kier molecular flexibility index (Phi) is 2.16. The second-order valence-corrected chi connectivity index (χ2v) is 5.31. The van der Waals surface area contributed by atoms with E-state index in [1.165, 1.54) is 0 Å². The molecule has 3 heteroatoms. The van der Waals surface area contributed by atoms with Gasteiger partial charge in [0.1, 0.15) is 11.9 Å². The van der Waals surface area contributed by atoms with Crippen LogP contribution in [-0.2, 0) is 9.53 Å². The van der Waals surface area contributed by atoms with E-state index in [2.05, 4.69) is 0 Å². The molecule has 2 aromatic rings. The van der Waals surface area contributed by atoms with Gasteiger partial charge in [-0.1, -0.05) is 30.3 Å². The Morgan fingerprint density at radius 3 is 2.70 bits per heavy atom. The molecule has 0 spiro atoms. The molecule has 2 aliphatic rings. The van der Waals surface area contributed by atoms with Crippen LogP contribution in [0.4, 0.5) is 0 Å². The molecule has 0 fully saturated rings. The number of carbonyl (C=O) groups excluding carboxylic acids is 2. The zero-order chi connectivity index (χ0) is 13.9. The standard InChI is InChI=1S/C17H12O3/c1-9-8-13-15(18)16(19)14-11-5-3-2-4-10(11)6-7-12(14)17(13)20-9/h2-7,9H,8H2,1H3. The molecule has 1 unspecified atom stereocenters. The van der Waals surface area contributed by atoms with Gasteiger partial charge < -0.3 is 4.74 Å². The van der Waals surface area contributed by atoms with Crippen LogP contribution in [0.15, 0.2) is 42.0 Å². The van der Waals surface area contributed by atoms with Gasteiger partial charge in [0.2, 0.25) is 11.6 Å². The molecular formula is C17H12O3. The maximum absolute atomic E-state index is 12.4. The summed E-state index contributed by atoms with van der Waals surface area (Å²) in [6.45, 7) is 1.91. The number of fused-ring (bicyclic) bond motifs is 4. The monoisotopic (exact) mass is 264 g/mol. The van der Waals surface area contributed by atoms with E-state index in [9.17, 15) is 9.59 Å². The second-order valence-electron chi connectivity index (χ2n) is 5.31. The van der Waals surface area contributed by atoms with E-state index in [4.69, 9.17) is 4.74 Å². The molecule has 0 N–H and O–H groups in total. The summed E-state index contributed by atoms with van der Waals surface area (Å²) in [5, 5.41) is 1.78. The summed E-state index contributed by atoms with van der Waals surface area (Å²) in [6, 6.07) is 11.5. The molecule has 1 atom stereocenters. The van der Waals surface area contributed by atoms with Crippen LogP contribution in [0.5, 0.6) is 0 Å².